The van der Waals surface area contributed by atoms with Crippen molar-refractivity contribution in [2.24, 2.45) is 5.10 Å². The van der Waals surface area contributed by atoms with Crippen LogP contribution in [0.5, 0.6) is 11.5 Å². The number of rotatable bonds is 8. The van der Waals surface area contributed by atoms with E-state index in [1.807, 2.05) is 36.4 Å². The lowest BCUT2D eigenvalue weighted by Crippen LogP contribution is -2.16. The van der Waals surface area contributed by atoms with Gasteiger partial charge >= 0.3 is 11.9 Å². The molecular weight excluding hydrogens is 424 g/mol. The summed E-state index contributed by atoms with van der Waals surface area (Å²) in [5.74, 6) is 0.0400. The number of hydrazone groups is 1. The first-order chi connectivity index (χ1) is 16.1. The quantitative estimate of drug-likeness (QED) is 0.246. The van der Waals surface area contributed by atoms with Crippen LogP contribution in [0.1, 0.15) is 23.0 Å². The Bertz CT molecular complexity index is 1340. The first kappa shape index (κ1) is 21.9. The fraction of sp³-hybridized carbons (Fsp3) is 0.160. The molecule has 4 aromatic rings. The number of nitrogens with zero attached hydrogens (tertiary/aromatic N) is 1. The van der Waals surface area contributed by atoms with Crippen LogP contribution >= 0.6 is 0 Å². The Morgan fingerprint density at radius 2 is 1.88 bits per heavy atom. The van der Waals surface area contributed by atoms with Gasteiger partial charge in [0.25, 0.3) is 0 Å². The molecule has 0 spiro atoms. The lowest BCUT2D eigenvalue weighted by Gasteiger charge is -2.10. The zero-order valence-electron chi connectivity index (χ0n) is 18.2. The van der Waals surface area contributed by atoms with Gasteiger partial charge in [-0.3, -0.25) is 4.79 Å². The fourth-order valence-corrected chi connectivity index (χ4v) is 3.35. The number of carbonyl (C=O) groups is 2. The van der Waals surface area contributed by atoms with Crippen molar-refractivity contribution in [3.63, 3.8) is 0 Å². The van der Waals surface area contributed by atoms with Gasteiger partial charge in [-0.2, -0.15) is 5.10 Å². The highest BCUT2D eigenvalue weighted by molar-refractivity contribution is 6.08. The van der Waals surface area contributed by atoms with Gasteiger partial charge in [0.05, 0.1) is 19.9 Å². The minimum atomic E-state index is -0.466. The summed E-state index contributed by atoms with van der Waals surface area (Å²) in [6.07, 6.45) is 1.47. The molecule has 0 aliphatic heterocycles. The van der Waals surface area contributed by atoms with Gasteiger partial charge in [0.15, 0.2) is 23.9 Å². The molecule has 0 unspecified atom stereocenters. The van der Waals surface area contributed by atoms with E-state index < -0.39 is 11.9 Å². The van der Waals surface area contributed by atoms with E-state index in [9.17, 15) is 9.59 Å². The van der Waals surface area contributed by atoms with Gasteiger partial charge < -0.3 is 18.6 Å². The second-order valence-electron chi connectivity index (χ2n) is 7.01. The normalized spacial score (nSPS) is 11.1. The molecule has 0 saturated heterocycles. The maximum atomic E-state index is 12.5. The number of furan rings is 1. The van der Waals surface area contributed by atoms with Crippen molar-refractivity contribution in [1.82, 2.24) is 5.43 Å². The molecule has 1 heterocycles. The van der Waals surface area contributed by atoms with Crippen molar-refractivity contribution in [2.45, 2.75) is 6.92 Å². The number of methoxy groups -OCH3 is 1. The third-order valence-electron chi connectivity index (χ3n) is 4.87. The molecule has 0 fully saturated rings. The summed E-state index contributed by atoms with van der Waals surface area (Å²) in [6.45, 7) is 1.78. The molecule has 0 aliphatic carbocycles. The molecule has 0 atom stereocenters. The molecule has 1 aromatic heterocycles. The molecule has 0 aliphatic rings. The zero-order valence-corrected chi connectivity index (χ0v) is 18.2. The van der Waals surface area contributed by atoms with Gasteiger partial charge in [-0.05, 0) is 53.6 Å². The van der Waals surface area contributed by atoms with Crippen LogP contribution in [0.3, 0.4) is 0 Å². The molecule has 1 amide bonds. The van der Waals surface area contributed by atoms with Crippen LogP contribution in [0, 0.1) is 0 Å². The lowest BCUT2D eigenvalue weighted by atomic mass is 10.1. The van der Waals surface area contributed by atoms with E-state index in [0.717, 1.165) is 16.2 Å². The summed E-state index contributed by atoms with van der Waals surface area (Å²) in [4.78, 5) is 24.0. The van der Waals surface area contributed by atoms with Crippen molar-refractivity contribution in [3.8, 4) is 11.5 Å². The van der Waals surface area contributed by atoms with E-state index >= 15 is 0 Å². The molecule has 3 aromatic carbocycles. The van der Waals surface area contributed by atoms with Crippen LogP contribution in [-0.4, -0.2) is 38.4 Å². The largest absolute Gasteiger partial charge is 0.493 e. The lowest BCUT2D eigenvalue weighted by molar-refractivity contribution is -0.145. The van der Waals surface area contributed by atoms with Gasteiger partial charge in [-0.25, -0.2) is 10.2 Å². The maximum absolute atomic E-state index is 12.5. The Kier molecular flexibility index (Phi) is 6.54. The zero-order chi connectivity index (χ0) is 23.2. The average molecular weight is 446 g/mol. The van der Waals surface area contributed by atoms with Crippen molar-refractivity contribution in [3.05, 3.63) is 72.0 Å². The summed E-state index contributed by atoms with van der Waals surface area (Å²) >= 11 is 0. The van der Waals surface area contributed by atoms with Crippen molar-refractivity contribution in [2.75, 3.05) is 20.3 Å². The Balaban J connectivity index is 1.43. The van der Waals surface area contributed by atoms with E-state index in [4.69, 9.17) is 18.6 Å². The first-order valence-electron chi connectivity index (χ1n) is 10.3. The maximum Gasteiger partial charge on any atom is 0.344 e. The number of carbonyl (C=O) groups excluding carboxylic acids is 2. The molecule has 33 heavy (non-hydrogen) atoms. The molecule has 4 rings (SSSR count). The van der Waals surface area contributed by atoms with E-state index in [0.29, 0.717) is 22.6 Å². The van der Waals surface area contributed by atoms with Crippen molar-refractivity contribution in [1.29, 1.82) is 0 Å². The Morgan fingerprint density at radius 1 is 1.03 bits per heavy atom. The number of hydrogen-bond donors (Lipinski definition) is 1. The minimum Gasteiger partial charge on any atom is -0.493 e. The summed E-state index contributed by atoms with van der Waals surface area (Å²) in [5.41, 5.74) is 3.76. The van der Waals surface area contributed by atoms with Gasteiger partial charge in [-0.15, -0.1) is 0 Å². The summed E-state index contributed by atoms with van der Waals surface area (Å²) in [5, 5.41) is 6.95. The second-order valence-corrected chi connectivity index (χ2v) is 7.01. The van der Waals surface area contributed by atoms with Crippen LogP contribution < -0.4 is 14.9 Å². The second kappa shape index (κ2) is 9.86. The number of ether oxygens (including phenoxy) is 3. The number of benzene rings is 3. The smallest absolute Gasteiger partial charge is 0.344 e. The number of amides is 1. The minimum absolute atomic E-state index is 0.166. The van der Waals surface area contributed by atoms with Gasteiger partial charge in [0.2, 0.25) is 0 Å². The van der Waals surface area contributed by atoms with Gasteiger partial charge in [0, 0.05) is 5.39 Å². The van der Waals surface area contributed by atoms with Gasteiger partial charge in [0.1, 0.15) is 5.58 Å². The summed E-state index contributed by atoms with van der Waals surface area (Å²) in [7, 11) is 1.49. The summed E-state index contributed by atoms with van der Waals surface area (Å²) < 4.78 is 21.3. The molecule has 1 N–H and O–H groups in total. The van der Waals surface area contributed by atoms with Crippen LogP contribution in [0.25, 0.3) is 21.7 Å². The predicted molar refractivity (Wildman–Crippen MR) is 124 cm³/mol. The Hall–Kier alpha value is -4.33. The molecule has 8 nitrogen and oxygen atoms in total. The highest BCUT2D eigenvalue weighted by Crippen LogP contribution is 2.29. The molecule has 0 radical (unpaired) electrons. The molecule has 0 bridgehead atoms. The number of fused-ring (bicyclic) bond motifs is 3. The number of esters is 1. The van der Waals surface area contributed by atoms with Crippen LogP contribution in [0.15, 0.2) is 70.2 Å². The fourth-order valence-electron chi connectivity index (χ4n) is 3.35. The molecule has 168 valence electrons. The molecular formula is C25H22N2O6. The van der Waals surface area contributed by atoms with E-state index in [-0.39, 0.29) is 19.0 Å². The first-order valence-corrected chi connectivity index (χ1v) is 10.3. The van der Waals surface area contributed by atoms with Crippen LogP contribution in [0.2, 0.25) is 0 Å². The monoisotopic (exact) mass is 446 g/mol. The van der Waals surface area contributed by atoms with E-state index in [1.165, 1.54) is 13.3 Å². The van der Waals surface area contributed by atoms with E-state index in [1.54, 1.807) is 31.2 Å². The van der Waals surface area contributed by atoms with Crippen molar-refractivity contribution >= 4 is 39.8 Å². The number of hydrogen-bond acceptors (Lipinski definition) is 7. The summed E-state index contributed by atoms with van der Waals surface area (Å²) in [6, 6.07) is 18.4. The third kappa shape index (κ3) is 4.95. The average Bonchev–Trinajstić information content (AvgIpc) is 3.28. The van der Waals surface area contributed by atoms with E-state index in [2.05, 4.69) is 10.5 Å². The topological polar surface area (TPSA) is 99.4 Å². The SMILES string of the molecule is CCOC(=O)COc1ccc(C=NNC(=O)c2cc3c(ccc4ccccc43)o2)cc1OC. The Morgan fingerprint density at radius 3 is 2.70 bits per heavy atom. The van der Waals surface area contributed by atoms with Gasteiger partial charge in [-0.1, -0.05) is 30.3 Å². The van der Waals surface area contributed by atoms with Crippen molar-refractivity contribution < 1.29 is 28.2 Å². The highest BCUT2D eigenvalue weighted by atomic mass is 16.6. The molecule has 0 saturated carbocycles. The molecule has 8 heteroatoms. The number of nitrogens with one attached hydrogen (secondary N) is 1. The Labute approximate surface area is 189 Å². The third-order valence-corrected chi connectivity index (χ3v) is 4.87. The highest BCUT2D eigenvalue weighted by Gasteiger charge is 2.13. The standard InChI is InChI=1S/C25H22N2O6/c1-3-31-24(28)15-32-21-10-8-16(12-22(21)30-2)14-26-27-25(29)23-13-19-18-7-5-4-6-17(18)9-11-20(19)33-23/h4-14H,3,15H2,1-2H3,(H,27,29). The van der Waals surface area contributed by atoms with Crippen LogP contribution in [0.4, 0.5) is 0 Å². The van der Waals surface area contributed by atoms with Crippen LogP contribution in [-0.2, 0) is 9.53 Å². The predicted octanol–water partition coefficient (Wildman–Crippen LogP) is 4.30.